The summed E-state index contributed by atoms with van der Waals surface area (Å²) in [7, 11) is 0. The molecule has 152 valence electrons. The SMILES string of the molecule is Brc1ccc(-c2cn([C@@H]3CCCC[C@H]3n3cc(-c4ccc(Br)cc4)nn3)nn2)cc1. The zero-order valence-corrected chi connectivity index (χ0v) is 19.4. The van der Waals surface area contributed by atoms with Gasteiger partial charge in [-0.05, 0) is 37.1 Å². The van der Waals surface area contributed by atoms with E-state index in [1.54, 1.807) is 0 Å². The summed E-state index contributed by atoms with van der Waals surface area (Å²) in [6.45, 7) is 0. The lowest BCUT2D eigenvalue weighted by atomic mass is 9.90. The van der Waals surface area contributed by atoms with E-state index in [9.17, 15) is 0 Å². The zero-order chi connectivity index (χ0) is 20.5. The highest BCUT2D eigenvalue weighted by Gasteiger charge is 2.30. The average Bonchev–Trinajstić information content (AvgIpc) is 3.45. The highest BCUT2D eigenvalue weighted by molar-refractivity contribution is 9.10. The van der Waals surface area contributed by atoms with Gasteiger partial charge in [-0.15, -0.1) is 10.2 Å². The molecule has 1 aliphatic rings. The summed E-state index contributed by atoms with van der Waals surface area (Å²) in [5.74, 6) is 0. The Morgan fingerprint density at radius 3 is 1.43 bits per heavy atom. The fourth-order valence-corrected chi connectivity index (χ4v) is 4.62. The third-order valence-corrected chi connectivity index (χ3v) is 6.73. The molecule has 4 aromatic rings. The predicted octanol–water partition coefficient (Wildman–Crippen LogP) is 6.09. The van der Waals surface area contributed by atoms with Crippen molar-refractivity contribution in [3.05, 3.63) is 69.9 Å². The minimum absolute atomic E-state index is 0.218. The van der Waals surface area contributed by atoms with E-state index in [4.69, 9.17) is 0 Å². The van der Waals surface area contributed by atoms with Crippen molar-refractivity contribution in [2.45, 2.75) is 37.8 Å². The molecule has 0 saturated heterocycles. The van der Waals surface area contributed by atoms with Gasteiger partial charge >= 0.3 is 0 Å². The van der Waals surface area contributed by atoms with Gasteiger partial charge in [0.25, 0.3) is 0 Å². The van der Waals surface area contributed by atoms with Gasteiger partial charge in [0.1, 0.15) is 11.4 Å². The van der Waals surface area contributed by atoms with E-state index in [-0.39, 0.29) is 12.1 Å². The number of benzene rings is 2. The molecule has 2 heterocycles. The van der Waals surface area contributed by atoms with Gasteiger partial charge in [0.2, 0.25) is 0 Å². The fourth-order valence-electron chi connectivity index (χ4n) is 4.09. The lowest BCUT2D eigenvalue weighted by Crippen LogP contribution is -2.27. The van der Waals surface area contributed by atoms with Crippen molar-refractivity contribution < 1.29 is 0 Å². The summed E-state index contributed by atoms with van der Waals surface area (Å²) in [5.41, 5.74) is 3.91. The van der Waals surface area contributed by atoms with Crippen molar-refractivity contribution in [1.82, 2.24) is 30.0 Å². The maximum atomic E-state index is 4.48. The predicted molar refractivity (Wildman–Crippen MR) is 123 cm³/mol. The topological polar surface area (TPSA) is 61.4 Å². The van der Waals surface area contributed by atoms with Gasteiger partial charge in [-0.25, -0.2) is 9.36 Å². The molecule has 2 atom stereocenters. The maximum absolute atomic E-state index is 4.48. The number of aromatic nitrogens is 6. The molecule has 8 heteroatoms. The number of hydrogen-bond donors (Lipinski definition) is 0. The average molecular weight is 528 g/mol. The molecule has 30 heavy (non-hydrogen) atoms. The molecule has 1 saturated carbocycles. The van der Waals surface area contributed by atoms with Crippen LogP contribution in [0.5, 0.6) is 0 Å². The Balaban J connectivity index is 1.42. The monoisotopic (exact) mass is 526 g/mol. The summed E-state index contributed by atoms with van der Waals surface area (Å²) < 4.78 is 6.14. The first-order chi connectivity index (χ1) is 14.7. The Hall–Kier alpha value is -2.32. The summed E-state index contributed by atoms with van der Waals surface area (Å²) in [4.78, 5) is 0. The van der Waals surface area contributed by atoms with Crippen molar-refractivity contribution in [3.8, 4) is 22.5 Å². The quantitative estimate of drug-likeness (QED) is 0.322. The summed E-state index contributed by atoms with van der Waals surface area (Å²) in [5, 5.41) is 17.8. The van der Waals surface area contributed by atoms with E-state index >= 15 is 0 Å². The minimum atomic E-state index is 0.218. The molecule has 0 unspecified atom stereocenters. The Morgan fingerprint density at radius 1 is 0.633 bits per heavy atom. The van der Waals surface area contributed by atoms with E-state index in [1.165, 1.54) is 12.8 Å². The summed E-state index contributed by atoms with van der Waals surface area (Å²) >= 11 is 6.97. The van der Waals surface area contributed by atoms with Crippen molar-refractivity contribution in [2.75, 3.05) is 0 Å². The minimum Gasteiger partial charge on any atom is -0.247 e. The molecular formula is C22H20Br2N6. The van der Waals surface area contributed by atoms with Crippen LogP contribution in [0.1, 0.15) is 37.8 Å². The van der Waals surface area contributed by atoms with Crippen LogP contribution in [-0.2, 0) is 0 Å². The van der Waals surface area contributed by atoms with Gasteiger partial charge in [-0.1, -0.05) is 79.4 Å². The van der Waals surface area contributed by atoms with Gasteiger partial charge in [-0.3, -0.25) is 0 Å². The van der Waals surface area contributed by atoms with Crippen molar-refractivity contribution in [3.63, 3.8) is 0 Å². The zero-order valence-electron chi connectivity index (χ0n) is 16.2. The second-order valence-electron chi connectivity index (χ2n) is 7.60. The van der Waals surface area contributed by atoms with E-state index in [1.807, 2.05) is 33.6 Å². The highest BCUT2D eigenvalue weighted by atomic mass is 79.9. The number of rotatable bonds is 4. The Kier molecular flexibility index (Phi) is 5.52. The summed E-state index contributed by atoms with van der Waals surface area (Å²) in [6, 6.07) is 16.8. The molecule has 0 bridgehead atoms. The molecule has 2 aromatic carbocycles. The number of nitrogens with zero attached hydrogens (tertiary/aromatic N) is 6. The Morgan fingerprint density at radius 2 is 1.03 bits per heavy atom. The highest BCUT2D eigenvalue weighted by Crippen LogP contribution is 2.37. The molecule has 5 rings (SSSR count). The molecule has 1 aliphatic carbocycles. The van der Waals surface area contributed by atoms with Crippen LogP contribution in [0.25, 0.3) is 22.5 Å². The first-order valence-corrected chi connectivity index (χ1v) is 11.6. The third kappa shape index (κ3) is 3.98. The first kappa shape index (κ1) is 19.6. The number of hydrogen-bond acceptors (Lipinski definition) is 4. The van der Waals surface area contributed by atoms with E-state index < -0.39 is 0 Å². The maximum Gasteiger partial charge on any atom is 0.113 e. The van der Waals surface area contributed by atoms with E-state index in [2.05, 4.69) is 89.1 Å². The van der Waals surface area contributed by atoms with Crippen LogP contribution in [0.3, 0.4) is 0 Å². The summed E-state index contributed by atoms with van der Waals surface area (Å²) in [6.07, 6.45) is 8.59. The molecule has 6 nitrogen and oxygen atoms in total. The van der Waals surface area contributed by atoms with Crippen LogP contribution in [-0.4, -0.2) is 30.0 Å². The molecule has 0 aliphatic heterocycles. The van der Waals surface area contributed by atoms with Gasteiger partial charge in [0, 0.05) is 20.1 Å². The largest absolute Gasteiger partial charge is 0.247 e. The molecule has 0 amide bonds. The smallest absolute Gasteiger partial charge is 0.113 e. The van der Waals surface area contributed by atoms with E-state index in [0.29, 0.717) is 0 Å². The van der Waals surface area contributed by atoms with Crippen LogP contribution in [0.2, 0.25) is 0 Å². The molecule has 1 fully saturated rings. The van der Waals surface area contributed by atoms with E-state index in [0.717, 1.165) is 44.3 Å². The van der Waals surface area contributed by atoms with Crippen LogP contribution in [0, 0.1) is 0 Å². The fraction of sp³-hybridized carbons (Fsp3) is 0.273. The van der Waals surface area contributed by atoms with Gasteiger partial charge in [-0.2, -0.15) is 0 Å². The molecule has 2 aromatic heterocycles. The number of halogens is 2. The lowest BCUT2D eigenvalue weighted by Gasteiger charge is -2.31. The first-order valence-electron chi connectivity index (χ1n) is 10.0. The van der Waals surface area contributed by atoms with Crippen molar-refractivity contribution in [1.29, 1.82) is 0 Å². The van der Waals surface area contributed by atoms with Gasteiger partial charge in [0.15, 0.2) is 0 Å². The van der Waals surface area contributed by atoms with Crippen molar-refractivity contribution in [2.24, 2.45) is 0 Å². The molecule has 0 spiro atoms. The lowest BCUT2D eigenvalue weighted by molar-refractivity contribution is 0.206. The van der Waals surface area contributed by atoms with Crippen LogP contribution >= 0.6 is 31.9 Å². The Bertz CT molecular complexity index is 1040. The normalized spacial score (nSPS) is 19.1. The van der Waals surface area contributed by atoms with Crippen LogP contribution in [0.4, 0.5) is 0 Å². The van der Waals surface area contributed by atoms with Gasteiger partial charge in [0.05, 0.1) is 24.5 Å². The second kappa shape index (κ2) is 8.43. The van der Waals surface area contributed by atoms with Crippen molar-refractivity contribution >= 4 is 31.9 Å². The van der Waals surface area contributed by atoms with Gasteiger partial charge < -0.3 is 0 Å². The molecule has 0 radical (unpaired) electrons. The molecule has 0 N–H and O–H groups in total. The second-order valence-corrected chi connectivity index (χ2v) is 9.43. The third-order valence-electron chi connectivity index (χ3n) is 5.67. The molecular weight excluding hydrogens is 508 g/mol. The standard InChI is InChI=1S/C22H20Br2N6/c23-17-9-5-15(6-10-17)19-13-29(27-25-19)21-3-1-2-4-22(21)30-14-20(26-28-30)16-7-11-18(24)12-8-16/h5-14,21-22H,1-4H2/t21-,22-/m1/s1. The Labute approximate surface area is 191 Å². The van der Waals surface area contributed by atoms with Crippen LogP contribution in [0.15, 0.2) is 69.9 Å². The van der Waals surface area contributed by atoms with Crippen LogP contribution < -0.4 is 0 Å².